The lowest BCUT2D eigenvalue weighted by molar-refractivity contribution is -0.138. The van der Waals surface area contributed by atoms with Crippen LogP contribution in [0.3, 0.4) is 0 Å². The van der Waals surface area contributed by atoms with Crippen LogP contribution in [0.15, 0.2) is 64.9 Å². The maximum atomic E-state index is 11.7. The number of nitrogens with one attached hydrogen (secondary N) is 1. The zero-order valence-corrected chi connectivity index (χ0v) is 17.1. The van der Waals surface area contributed by atoms with Gasteiger partial charge in [0.05, 0.1) is 12.6 Å². The summed E-state index contributed by atoms with van der Waals surface area (Å²) >= 11 is 1.08. The van der Waals surface area contributed by atoms with E-state index in [0.29, 0.717) is 5.17 Å². The number of amides is 1. The number of thioether (sulfide) groups is 1. The first-order valence-corrected chi connectivity index (χ1v) is 10.3. The van der Waals surface area contributed by atoms with Crippen LogP contribution in [0.4, 0.5) is 0 Å². The van der Waals surface area contributed by atoms with Gasteiger partial charge in [0.2, 0.25) is 5.91 Å². The van der Waals surface area contributed by atoms with E-state index in [0.717, 1.165) is 34.8 Å². The Kier molecular flexibility index (Phi) is 5.67. The molecule has 1 saturated heterocycles. The molecule has 3 aromatic rings. The van der Waals surface area contributed by atoms with Crippen LogP contribution >= 0.6 is 11.8 Å². The van der Waals surface area contributed by atoms with E-state index in [1.54, 1.807) is 6.21 Å². The van der Waals surface area contributed by atoms with Gasteiger partial charge >= 0.3 is 5.97 Å². The van der Waals surface area contributed by atoms with Gasteiger partial charge in [-0.05, 0) is 35.6 Å². The smallest absolute Gasteiger partial charge is 0.305 e. The molecule has 1 atom stereocenters. The highest BCUT2D eigenvalue weighted by atomic mass is 32.2. The van der Waals surface area contributed by atoms with Crippen molar-refractivity contribution in [1.82, 2.24) is 9.88 Å². The highest BCUT2D eigenvalue weighted by Gasteiger charge is 2.32. The Labute approximate surface area is 177 Å². The molecule has 152 valence electrons. The van der Waals surface area contributed by atoms with Gasteiger partial charge in [-0.3, -0.25) is 9.59 Å². The molecule has 8 heteroatoms. The van der Waals surface area contributed by atoms with Gasteiger partial charge in [0.1, 0.15) is 5.25 Å². The van der Waals surface area contributed by atoms with Crippen molar-refractivity contribution in [3.8, 4) is 0 Å². The molecule has 1 unspecified atom stereocenters. The summed E-state index contributed by atoms with van der Waals surface area (Å²) in [5.74, 6) is -1.37. The van der Waals surface area contributed by atoms with E-state index < -0.39 is 11.2 Å². The number of aryl methyl sites for hydroxylation is 1. The SMILES string of the molecule is Cc1ccc(Cn2ccc3ccc(C=NN=C4NC(=O)C(CC(=O)O)S4)cc32)cc1. The second kappa shape index (κ2) is 8.54. The summed E-state index contributed by atoms with van der Waals surface area (Å²) in [5.41, 5.74) is 4.44. The number of rotatable bonds is 6. The number of carbonyl (C=O) groups is 2. The highest BCUT2D eigenvalue weighted by molar-refractivity contribution is 8.15. The Bertz CT molecular complexity index is 1160. The van der Waals surface area contributed by atoms with E-state index in [1.807, 2.05) is 18.2 Å². The monoisotopic (exact) mass is 420 g/mol. The molecule has 1 aliphatic heterocycles. The molecule has 7 nitrogen and oxygen atoms in total. The van der Waals surface area contributed by atoms with Crippen molar-refractivity contribution in [1.29, 1.82) is 0 Å². The van der Waals surface area contributed by atoms with E-state index in [9.17, 15) is 9.59 Å². The molecule has 0 bridgehead atoms. The van der Waals surface area contributed by atoms with Crippen LogP contribution in [0, 0.1) is 6.92 Å². The fourth-order valence-electron chi connectivity index (χ4n) is 3.20. The first kappa shape index (κ1) is 19.9. The Morgan fingerprint density at radius 2 is 2.03 bits per heavy atom. The van der Waals surface area contributed by atoms with Gasteiger partial charge in [-0.1, -0.05) is 53.7 Å². The number of aliphatic carboxylic acids is 1. The van der Waals surface area contributed by atoms with Crippen LogP contribution < -0.4 is 5.32 Å². The Morgan fingerprint density at radius 1 is 1.23 bits per heavy atom. The molecule has 30 heavy (non-hydrogen) atoms. The second-order valence-corrected chi connectivity index (χ2v) is 8.28. The maximum Gasteiger partial charge on any atom is 0.305 e. The minimum Gasteiger partial charge on any atom is -0.481 e. The number of aromatic nitrogens is 1. The fourth-order valence-corrected chi connectivity index (χ4v) is 4.12. The lowest BCUT2D eigenvalue weighted by atomic mass is 10.1. The lowest BCUT2D eigenvalue weighted by Crippen LogP contribution is -2.26. The number of hydrogen-bond donors (Lipinski definition) is 2. The van der Waals surface area contributed by atoms with Crippen LogP contribution in [-0.2, 0) is 16.1 Å². The molecular formula is C22H20N4O3S. The second-order valence-electron chi connectivity index (χ2n) is 7.09. The van der Waals surface area contributed by atoms with E-state index in [4.69, 9.17) is 5.11 Å². The summed E-state index contributed by atoms with van der Waals surface area (Å²) in [4.78, 5) is 22.5. The van der Waals surface area contributed by atoms with Gasteiger partial charge in [0.15, 0.2) is 5.17 Å². The molecule has 0 radical (unpaired) electrons. The van der Waals surface area contributed by atoms with Gasteiger partial charge in [-0.15, -0.1) is 5.10 Å². The molecule has 2 N–H and O–H groups in total. The van der Waals surface area contributed by atoms with E-state index in [-0.39, 0.29) is 12.3 Å². The fraction of sp³-hybridized carbons (Fsp3) is 0.182. The van der Waals surface area contributed by atoms with E-state index >= 15 is 0 Å². The molecule has 1 aromatic heterocycles. The summed E-state index contributed by atoms with van der Waals surface area (Å²) in [6.07, 6.45) is 3.44. The van der Waals surface area contributed by atoms with Crippen LogP contribution in [0.2, 0.25) is 0 Å². The number of hydrogen-bond acceptors (Lipinski definition) is 5. The van der Waals surface area contributed by atoms with Crippen LogP contribution in [0.1, 0.15) is 23.1 Å². The third-order valence-corrected chi connectivity index (χ3v) is 5.84. The third kappa shape index (κ3) is 4.60. The van der Waals surface area contributed by atoms with Crippen LogP contribution in [-0.4, -0.2) is 38.2 Å². The zero-order valence-electron chi connectivity index (χ0n) is 16.3. The predicted molar refractivity (Wildman–Crippen MR) is 119 cm³/mol. The van der Waals surface area contributed by atoms with Crippen molar-refractivity contribution in [3.05, 3.63) is 71.4 Å². The van der Waals surface area contributed by atoms with Gasteiger partial charge in [-0.25, -0.2) is 0 Å². The van der Waals surface area contributed by atoms with Gasteiger partial charge in [-0.2, -0.15) is 5.10 Å². The molecule has 0 saturated carbocycles. The lowest BCUT2D eigenvalue weighted by Gasteiger charge is -2.07. The Balaban J connectivity index is 1.49. The number of fused-ring (bicyclic) bond motifs is 1. The number of carboxylic acid groups (broad SMARTS) is 1. The molecule has 0 aliphatic carbocycles. The quantitative estimate of drug-likeness (QED) is 0.472. The topological polar surface area (TPSA) is 96.0 Å². The number of carbonyl (C=O) groups excluding carboxylic acids is 1. The molecule has 1 fully saturated rings. The van der Waals surface area contributed by atoms with E-state index in [1.165, 1.54) is 11.1 Å². The van der Waals surface area contributed by atoms with Crippen molar-refractivity contribution in [2.24, 2.45) is 10.2 Å². The van der Waals surface area contributed by atoms with Crippen molar-refractivity contribution in [3.63, 3.8) is 0 Å². The maximum absolute atomic E-state index is 11.7. The predicted octanol–water partition coefficient (Wildman–Crippen LogP) is 3.39. The van der Waals surface area contributed by atoms with Gasteiger partial charge < -0.3 is 15.0 Å². The minimum absolute atomic E-state index is 0.242. The highest BCUT2D eigenvalue weighted by Crippen LogP contribution is 2.22. The Morgan fingerprint density at radius 3 is 2.80 bits per heavy atom. The molecule has 1 aliphatic rings. The first-order valence-electron chi connectivity index (χ1n) is 9.43. The van der Waals surface area contributed by atoms with Crippen molar-refractivity contribution >= 4 is 45.9 Å². The number of benzene rings is 2. The van der Waals surface area contributed by atoms with Gasteiger partial charge in [0.25, 0.3) is 0 Å². The molecule has 4 rings (SSSR count). The van der Waals surface area contributed by atoms with Crippen LogP contribution in [0.25, 0.3) is 10.9 Å². The average Bonchev–Trinajstić information content (AvgIpc) is 3.26. The van der Waals surface area contributed by atoms with Crippen molar-refractivity contribution in [2.75, 3.05) is 0 Å². The summed E-state index contributed by atoms with van der Waals surface area (Å²) in [5, 5.41) is 20.2. The normalized spacial score (nSPS) is 17.8. The molecule has 2 heterocycles. The third-order valence-electron chi connectivity index (χ3n) is 4.76. The van der Waals surface area contributed by atoms with Crippen molar-refractivity contribution in [2.45, 2.75) is 25.1 Å². The zero-order chi connectivity index (χ0) is 21.1. The largest absolute Gasteiger partial charge is 0.481 e. The summed E-state index contributed by atoms with van der Waals surface area (Å²) in [7, 11) is 0. The molecule has 2 aromatic carbocycles. The number of amidine groups is 1. The summed E-state index contributed by atoms with van der Waals surface area (Å²) in [6, 6.07) is 16.6. The minimum atomic E-state index is -1.02. The summed E-state index contributed by atoms with van der Waals surface area (Å²) in [6.45, 7) is 2.85. The summed E-state index contributed by atoms with van der Waals surface area (Å²) < 4.78 is 2.19. The number of nitrogens with zero attached hydrogens (tertiary/aromatic N) is 3. The van der Waals surface area contributed by atoms with Crippen LogP contribution in [0.5, 0.6) is 0 Å². The number of carboxylic acids is 1. The standard InChI is InChI=1S/C22H20N4O3S/c1-14-2-4-15(5-3-14)13-26-9-8-17-7-6-16(10-18(17)26)12-23-25-22-24-21(29)19(30-22)11-20(27)28/h2-10,12,19H,11,13H2,1H3,(H,27,28)(H,24,25,29). The van der Waals surface area contributed by atoms with Gasteiger partial charge in [0, 0.05) is 18.3 Å². The van der Waals surface area contributed by atoms with Crippen molar-refractivity contribution < 1.29 is 14.7 Å². The Hall–Kier alpha value is -3.39. The molecule has 0 spiro atoms. The van der Waals surface area contributed by atoms with E-state index in [2.05, 4.69) is 63.5 Å². The average molecular weight is 420 g/mol. The molecular weight excluding hydrogens is 400 g/mol. The molecule has 1 amide bonds. The first-order chi connectivity index (χ1) is 14.5.